The molecule has 1 N–H and O–H groups in total. The summed E-state index contributed by atoms with van der Waals surface area (Å²) in [5.41, 5.74) is -0.251. The van der Waals surface area contributed by atoms with Crippen LogP contribution >= 0.6 is 0 Å². The van der Waals surface area contributed by atoms with Gasteiger partial charge in [-0.05, 0) is 32.8 Å². The average Bonchev–Trinajstić information content (AvgIpc) is 2.24. The van der Waals surface area contributed by atoms with Crippen LogP contribution in [0.1, 0.15) is 45.1 Å². The molecule has 1 rings (SSSR count). The number of hydrogen-bond acceptors (Lipinski definition) is 5. The fourth-order valence-corrected chi connectivity index (χ4v) is 1.18. The van der Waals surface area contributed by atoms with E-state index in [2.05, 4.69) is 29.1 Å². The summed E-state index contributed by atoms with van der Waals surface area (Å²) in [5, 5.41) is 3.07. The predicted molar refractivity (Wildman–Crippen MR) is 70.5 cm³/mol. The lowest BCUT2D eigenvalue weighted by molar-refractivity contribution is 0.00628. The monoisotopic (exact) mass is 251 g/mol. The molecule has 0 fully saturated rings. The Morgan fingerprint density at radius 1 is 1.44 bits per heavy atom. The van der Waals surface area contributed by atoms with Gasteiger partial charge >= 0.3 is 5.97 Å². The van der Waals surface area contributed by atoms with Gasteiger partial charge in [0.15, 0.2) is 5.69 Å². The molecule has 1 aromatic rings. The lowest BCUT2D eigenvalue weighted by Gasteiger charge is -2.19. The van der Waals surface area contributed by atoms with Crippen molar-refractivity contribution in [1.82, 2.24) is 9.97 Å². The quantitative estimate of drug-likeness (QED) is 0.833. The first-order valence-corrected chi connectivity index (χ1v) is 6.08. The first kappa shape index (κ1) is 14.4. The summed E-state index contributed by atoms with van der Waals surface area (Å²) < 4.78 is 5.25. The van der Waals surface area contributed by atoms with Crippen LogP contribution in [-0.4, -0.2) is 28.1 Å². The van der Waals surface area contributed by atoms with Gasteiger partial charge in [-0.15, -0.1) is 0 Å². The minimum absolute atomic E-state index is 0.270. The molecule has 1 heterocycles. The molecule has 18 heavy (non-hydrogen) atoms. The van der Waals surface area contributed by atoms with Crippen molar-refractivity contribution in [3.05, 3.63) is 18.0 Å². The maximum Gasteiger partial charge on any atom is 0.357 e. The van der Waals surface area contributed by atoms with E-state index in [4.69, 9.17) is 4.74 Å². The Balaban J connectivity index is 2.72. The van der Waals surface area contributed by atoms with Gasteiger partial charge in [-0.2, -0.15) is 0 Å². The van der Waals surface area contributed by atoms with Gasteiger partial charge in [-0.25, -0.2) is 14.8 Å². The van der Waals surface area contributed by atoms with Crippen molar-refractivity contribution >= 4 is 11.9 Å². The van der Waals surface area contributed by atoms with Crippen molar-refractivity contribution in [3.8, 4) is 0 Å². The smallest absolute Gasteiger partial charge is 0.357 e. The minimum atomic E-state index is -0.520. The summed E-state index contributed by atoms with van der Waals surface area (Å²) in [6.45, 7) is 10.4. The maximum atomic E-state index is 11.8. The Labute approximate surface area is 108 Å². The number of anilines is 1. The largest absolute Gasteiger partial charge is 0.455 e. The van der Waals surface area contributed by atoms with Crippen LogP contribution in [0.4, 0.5) is 5.95 Å². The molecule has 0 saturated heterocycles. The summed E-state index contributed by atoms with van der Waals surface area (Å²) in [4.78, 5) is 20.0. The Kier molecular flexibility index (Phi) is 4.64. The number of carbonyl (C=O) groups excluding carboxylic acids is 1. The number of carbonyl (C=O) groups is 1. The highest BCUT2D eigenvalue weighted by molar-refractivity contribution is 5.87. The fraction of sp³-hybridized carbons (Fsp3) is 0.615. The first-order chi connectivity index (χ1) is 8.28. The number of hydrogen-bond donors (Lipinski definition) is 1. The third-order valence-electron chi connectivity index (χ3n) is 1.93. The summed E-state index contributed by atoms with van der Waals surface area (Å²) in [7, 11) is 0. The zero-order valence-corrected chi connectivity index (χ0v) is 11.7. The van der Waals surface area contributed by atoms with Crippen LogP contribution in [0.2, 0.25) is 0 Å². The van der Waals surface area contributed by atoms with E-state index in [0.29, 0.717) is 11.9 Å². The van der Waals surface area contributed by atoms with Crippen molar-refractivity contribution in [1.29, 1.82) is 0 Å². The van der Waals surface area contributed by atoms with Gasteiger partial charge in [-0.1, -0.05) is 13.8 Å². The highest BCUT2D eigenvalue weighted by Crippen LogP contribution is 2.11. The standard InChI is InChI=1S/C13H21N3O2/c1-9(2)8-15-12-14-7-6-10(16-12)11(17)18-13(3,4)5/h6-7,9H,8H2,1-5H3,(H,14,15,16). The number of nitrogens with zero attached hydrogens (tertiary/aromatic N) is 2. The molecule has 0 aliphatic carbocycles. The van der Waals surface area contributed by atoms with Gasteiger partial charge < -0.3 is 10.1 Å². The van der Waals surface area contributed by atoms with Crippen molar-refractivity contribution in [2.75, 3.05) is 11.9 Å². The number of rotatable bonds is 4. The predicted octanol–water partition coefficient (Wildman–Crippen LogP) is 2.50. The van der Waals surface area contributed by atoms with Crippen LogP contribution in [0.15, 0.2) is 12.3 Å². The second-order valence-corrected chi connectivity index (χ2v) is 5.54. The van der Waals surface area contributed by atoms with Crippen molar-refractivity contribution in [2.24, 2.45) is 5.92 Å². The number of ether oxygens (including phenoxy) is 1. The van der Waals surface area contributed by atoms with Crippen LogP contribution < -0.4 is 5.32 Å². The highest BCUT2D eigenvalue weighted by atomic mass is 16.6. The third-order valence-corrected chi connectivity index (χ3v) is 1.93. The Morgan fingerprint density at radius 2 is 2.11 bits per heavy atom. The van der Waals surface area contributed by atoms with E-state index >= 15 is 0 Å². The molecule has 5 heteroatoms. The van der Waals surface area contributed by atoms with Crippen molar-refractivity contribution < 1.29 is 9.53 Å². The summed E-state index contributed by atoms with van der Waals surface area (Å²) >= 11 is 0. The highest BCUT2D eigenvalue weighted by Gasteiger charge is 2.19. The average molecular weight is 251 g/mol. The van der Waals surface area contributed by atoms with Gasteiger partial charge in [0, 0.05) is 12.7 Å². The fourth-order valence-electron chi connectivity index (χ4n) is 1.18. The van der Waals surface area contributed by atoms with Crippen molar-refractivity contribution in [3.63, 3.8) is 0 Å². The molecule has 0 radical (unpaired) electrons. The molecular weight excluding hydrogens is 230 g/mol. The van der Waals surface area contributed by atoms with Gasteiger partial charge in [0.05, 0.1) is 0 Å². The maximum absolute atomic E-state index is 11.8. The molecule has 0 amide bonds. The molecule has 0 aromatic carbocycles. The zero-order chi connectivity index (χ0) is 13.8. The van der Waals surface area contributed by atoms with Gasteiger partial charge in [-0.3, -0.25) is 0 Å². The second-order valence-electron chi connectivity index (χ2n) is 5.54. The van der Waals surface area contributed by atoms with Gasteiger partial charge in [0.1, 0.15) is 5.60 Å². The van der Waals surface area contributed by atoms with Crippen LogP contribution in [0.3, 0.4) is 0 Å². The molecule has 5 nitrogen and oxygen atoms in total. The normalized spacial score (nSPS) is 11.4. The van der Waals surface area contributed by atoms with Crippen LogP contribution in [0.25, 0.3) is 0 Å². The Morgan fingerprint density at radius 3 is 2.67 bits per heavy atom. The van der Waals surface area contributed by atoms with Crippen LogP contribution in [-0.2, 0) is 4.74 Å². The topological polar surface area (TPSA) is 64.1 Å². The molecule has 0 spiro atoms. The molecular formula is C13H21N3O2. The lowest BCUT2D eigenvalue weighted by atomic mass is 10.2. The van der Waals surface area contributed by atoms with Crippen LogP contribution in [0, 0.1) is 5.92 Å². The summed E-state index contributed by atoms with van der Waals surface area (Å²) in [5.74, 6) is 0.503. The van der Waals surface area contributed by atoms with E-state index in [0.717, 1.165) is 6.54 Å². The molecule has 0 bridgehead atoms. The minimum Gasteiger partial charge on any atom is -0.455 e. The van der Waals surface area contributed by atoms with E-state index in [9.17, 15) is 4.79 Å². The van der Waals surface area contributed by atoms with Crippen LogP contribution in [0.5, 0.6) is 0 Å². The molecule has 0 saturated carbocycles. The van der Waals surface area contributed by atoms with E-state index in [-0.39, 0.29) is 5.69 Å². The molecule has 1 aromatic heterocycles. The number of nitrogens with one attached hydrogen (secondary N) is 1. The van der Waals surface area contributed by atoms with Gasteiger partial charge in [0.25, 0.3) is 0 Å². The molecule has 0 aliphatic heterocycles. The summed E-state index contributed by atoms with van der Waals surface area (Å²) in [6.07, 6.45) is 1.55. The van der Waals surface area contributed by atoms with E-state index in [1.165, 1.54) is 0 Å². The second kappa shape index (κ2) is 5.80. The molecule has 0 unspecified atom stereocenters. The first-order valence-electron chi connectivity index (χ1n) is 6.08. The molecule has 0 aliphatic rings. The lowest BCUT2D eigenvalue weighted by Crippen LogP contribution is -2.24. The Bertz CT molecular complexity index is 411. The molecule has 0 atom stereocenters. The summed E-state index contributed by atoms with van der Waals surface area (Å²) in [6, 6.07) is 1.55. The van der Waals surface area contributed by atoms with E-state index in [1.54, 1.807) is 12.3 Å². The number of aromatic nitrogens is 2. The third kappa shape index (κ3) is 5.12. The number of esters is 1. The van der Waals surface area contributed by atoms with Crippen molar-refractivity contribution in [2.45, 2.75) is 40.2 Å². The van der Waals surface area contributed by atoms with E-state index in [1.807, 2.05) is 20.8 Å². The SMILES string of the molecule is CC(C)CNc1nccc(C(=O)OC(C)(C)C)n1. The van der Waals surface area contributed by atoms with Gasteiger partial charge in [0.2, 0.25) is 5.95 Å². The molecule has 100 valence electrons. The Hall–Kier alpha value is -1.65. The zero-order valence-electron chi connectivity index (χ0n) is 11.7. The van der Waals surface area contributed by atoms with E-state index < -0.39 is 11.6 Å².